The van der Waals surface area contributed by atoms with Crippen LogP contribution in [0.4, 0.5) is 0 Å². The maximum absolute atomic E-state index is 5.68. The summed E-state index contributed by atoms with van der Waals surface area (Å²) in [5.74, 6) is 0. The van der Waals surface area contributed by atoms with Gasteiger partial charge in [-0.1, -0.05) is 20.8 Å². The average molecular weight is 199 g/mol. The first-order chi connectivity index (χ1) is 6.54. The van der Waals surface area contributed by atoms with Crippen LogP contribution in [0.3, 0.4) is 0 Å². The largest absolute Gasteiger partial charge is 0.372 e. The Bertz CT molecular complexity index is 186. The molecule has 0 aromatic carbocycles. The Morgan fingerprint density at radius 3 is 2.00 bits per heavy atom. The van der Waals surface area contributed by atoms with Crippen LogP contribution in [0.25, 0.3) is 0 Å². The van der Waals surface area contributed by atoms with E-state index in [4.69, 9.17) is 9.47 Å². The molecule has 2 heterocycles. The third kappa shape index (κ3) is 2.47. The molecule has 0 amide bonds. The lowest BCUT2D eigenvalue weighted by Gasteiger charge is -2.25. The minimum absolute atomic E-state index is 0.325. The van der Waals surface area contributed by atoms with Crippen LogP contribution in [-0.4, -0.2) is 50.0 Å². The molecule has 0 bridgehead atoms. The fourth-order valence-electron chi connectivity index (χ4n) is 2.34. The topological polar surface area (TPSA) is 21.7 Å². The summed E-state index contributed by atoms with van der Waals surface area (Å²) in [6.45, 7) is 11.6. The first-order valence-electron chi connectivity index (χ1n) is 5.50. The van der Waals surface area contributed by atoms with Crippen molar-refractivity contribution in [2.75, 3.05) is 32.8 Å². The van der Waals surface area contributed by atoms with Gasteiger partial charge in [0.05, 0.1) is 25.4 Å². The normalized spacial score (nSPS) is 34.5. The molecule has 2 unspecified atom stereocenters. The minimum atomic E-state index is 0.325. The molecule has 82 valence electrons. The Morgan fingerprint density at radius 1 is 1.07 bits per heavy atom. The van der Waals surface area contributed by atoms with Gasteiger partial charge in [0.15, 0.2) is 0 Å². The zero-order valence-corrected chi connectivity index (χ0v) is 9.45. The lowest BCUT2D eigenvalue weighted by Crippen LogP contribution is -2.36. The average Bonchev–Trinajstić information content (AvgIpc) is 2.42. The second-order valence-electron chi connectivity index (χ2n) is 5.57. The molecule has 3 nitrogen and oxygen atoms in total. The summed E-state index contributed by atoms with van der Waals surface area (Å²) in [7, 11) is 0. The molecule has 14 heavy (non-hydrogen) atoms. The second-order valence-corrected chi connectivity index (χ2v) is 5.57. The van der Waals surface area contributed by atoms with E-state index in [0.29, 0.717) is 17.6 Å². The monoisotopic (exact) mass is 199 g/mol. The summed E-state index contributed by atoms with van der Waals surface area (Å²) >= 11 is 0. The van der Waals surface area contributed by atoms with E-state index in [-0.39, 0.29) is 0 Å². The van der Waals surface area contributed by atoms with Gasteiger partial charge >= 0.3 is 0 Å². The van der Waals surface area contributed by atoms with E-state index >= 15 is 0 Å². The first-order valence-corrected chi connectivity index (χ1v) is 5.50. The van der Waals surface area contributed by atoms with Crippen LogP contribution in [0.5, 0.6) is 0 Å². The number of fused-ring (bicyclic) bond motifs is 1. The Hall–Kier alpha value is -0.120. The molecule has 0 aromatic heterocycles. The van der Waals surface area contributed by atoms with E-state index < -0.39 is 0 Å². The lowest BCUT2D eigenvalue weighted by atomic mass is 9.96. The molecule has 2 rings (SSSR count). The van der Waals surface area contributed by atoms with Crippen molar-refractivity contribution in [1.29, 1.82) is 0 Å². The van der Waals surface area contributed by atoms with Crippen LogP contribution in [0, 0.1) is 5.41 Å². The number of hydrogen-bond acceptors (Lipinski definition) is 3. The molecule has 0 aromatic rings. The van der Waals surface area contributed by atoms with Crippen LogP contribution in [-0.2, 0) is 9.47 Å². The Morgan fingerprint density at radius 2 is 1.57 bits per heavy atom. The highest BCUT2D eigenvalue weighted by molar-refractivity contribution is 4.89. The highest BCUT2D eigenvalue weighted by Crippen LogP contribution is 2.24. The van der Waals surface area contributed by atoms with E-state index in [1.54, 1.807) is 0 Å². The van der Waals surface area contributed by atoms with E-state index in [1.165, 1.54) is 0 Å². The van der Waals surface area contributed by atoms with Crippen molar-refractivity contribution < 1.29 is 9.47 Å². The van der Waals surface area contributed by atoms with Crippen LogP contribution < -0.4 is 0 Å². The number of rotatable bonds is 1. The number of hydrogen-bond donors (Lipinski definition) is 0. The van der Waals surface area contributed by atoms with Crippen molar-refractivity contribution >= 4 is 0 Å². The first kappa shape index (κ1) is 10.4. The minimum Gasteiger partial charge on any atom is -0.372 e. The number of likely N-dealkylation sites (tertiary alicyclic amines) is 1. The lowest BCUT2D eigenvalue weighted by molar-refractivity contribution is -0.116. The molecule has 2 aliphatic heterocycles. The molecule has 0 saturated carbocycles. The SMILES string of the molecule is CC(C)(C)CN1CC2OCCOC2C1. The van der Waals surface area contributed by atoms with Gasteiger partial charge in [-0.15, -0.1) is 0 Å². The molecular formula is C11H21NO2. The predicted molar refractivity (Wildman–Crippen MR) is 55.4 cm³/mol. The van der Waals surface area contributed by atoms with Crippen LogP contribution in [0.1, 0.15) is 20.8 Å². The van der Waals surface area contributed by atoms with Crippen molar-refractivity contribution in [2.45, 2.75) is 33.0 Å². The summed E-state index contributed by atoms with van der Waals surface area (Å²) in [5, 5.41) is 0. The van der Waals surface area contributed by atoms with Gasteiger partial charge in [0.25, 0.3) is 0 Å². The molecule has 0 N–H and O–H groups in total. The Balaban J connectivity index is 1.87. The highest BCUT2D eigenvalue weighted by atomic mass is 16.6. The standard InChI is InChI=1S/C11H21NO2/c1-11(2,3)8-12-6-9-10(7-12)14-5-4-13-9/h9-10H,4-8H2,1-3H3. The molecular weight excluding hydrogens is 178 g/mol. The fourth-order valence-corrected chi connectivity index (χ4v) is 2.34. The van der Waals surface area contributed by atoms with Crippen molar-refractivity contribution in [1.82, 2.24) is 4.90 Å². The summed E-state index contributed by atoms with van der Waals surface area (Å²) in [6, 6.07) is 0. The highest BCUT2D eigenvalue weighted by Gasteiger charge is 2.37. The van der Waals surface area contributed by atoms with Crippen molar-refractivity contribution in [3.05, 3.63) is 0 Å². The summed E-state index contributed by atoms with van der Waals surface area (Å²) < 4.78 is 11.4. The zero-order valence-electron chi connectivity index (χ0n) is 9.45. The smallest absolute Gasteiger partial charge is 0.0976 e. The van der Waals surface area contributed by atoms with Gasteiger partial charge in [0.1, 0.15) is 0 Å². The van der Waals surface area contributed by atoms with Crippen molar-refractivity contribution in [3.63, 3.8) is 0 Å². The maximum Gasteiger partial charge on any atom is 0.0976 e. The Kier molecular flexibility index (Phi) is 2.82. The van der Waals surface area contributed by atoms with Gasteiger partial charge in [0.2, 0.25) is 0 Å². The summed E-state index contributed by atoms with van der Waals surface area (Å²) in [4.78, 5) is 2.46. The van der Waals surface area contributed by atoms with E-state index in [9.17, 15) is 0 Å². The molecule has 2 saturated heterocycles. The molecule has 2 atom stereocenters. The molecule has 2 aliphatic rings. The van der Waals surface area contributed by atoms with E-state index in [2.05, 4.69) is 25.7 Å². The second kappa shape index (κ2) is 3.80. The van der Waals surface area contributed by atoms with Crippen molar-refractivity contribution in [3.8, 4) is 0 Å². The quantitative estimate of drug-likeness (QED) is 0.632. The van der Waals surface area contributed by atoms with Gasteiger partial charge < -0.3 is 9.47 Å². The van der Waals surface area contributed by atoms with Gasteiger partial charge in [-0.2, -0.15) is 0 Å². The van der Waals surface area contributed by atoms with Gasteiger partial charge in [-0.3, -0.25) is 4.90 Å². The predicted octanol–water partition coefficient (Wildman–Crippen LogP) is 1.13. The third-order valence-electron chi connectivity index (χ3n) is 2.74. The van der Waals surface area contributed by atoms with E-state index in [1.807, 2.05) is 0 Å². The van der Waals surface area contributed by atoms with Crippen LogP contribution >= 0.6 is 0 Å². The summed E-state index contributed by atoms with van der Waals surface area (Å²) in [6.07, 6.45) is 0.650. The van der Waals surface area contributed by atoms with Crippen molar-refractivity contribution in [2.24, 2.45) is 5.41 Å². The number of nitrogens with zero attached hydrogens (tertiary/aromatic N) is 1. The van der Waals surface area contributed by atoms with Gasteiger partial charge in [0, 0.05) is 19.6 Å². The molecule has 0 spiro atoms. The molecule has 0 radical (unpaired) electrons. The van der Waals surface area contributed by atoms with Gasteiger partial charge in [-0.25, -0.2) is 0 Å². The zero-order chi connectivity index (χ0) is 10.2. The molecule has 2 fully saturated rings. The van der Waals surface area contributed by atoms with E-state index in [0.717, 1.165) is 32.8 Å². The maximum atomic E-state index is 5.68. The summed E-state index contributed by atoms with van der Waals surface area (Å²) in [5.41, 5.74) is 0.369. The Labute approximate surface area is 86.4 Å². The van der Waals surface area contributed by atoms with Crippen LogP contribution in [0.2, 0.25) is 0 Å². The third-order valence-corrected chi connectivity index (χ3v) is 2.74. The molecule has 3 heteroatoms. The number of ether oxygens (including phenoxy) is 2. The van der Waals surface area contributed by atoms with Crippen LogP contribution in [0.15, 0.2) is 0 Å². The fraction of sp³-hybridized carbons (Fsp3) is 1.00. The molecule has 0 aliphatic carbocycles. The van der Waals surface area contributed by atoms with Gasteiger partial charge in [-0.05, 0) is 5.41 Å².